The van der Waals surface area contributed by atoms with Crippen molar-refractivity contribution in [3.05, 3.63) is 36.4 Å². The summed E-state index contributed by atoms with van der Waals surface area (Å²) in [5, 5.41) is 6.31. The normalized spacial score (nSPS) is 13.5. The number of nitrogens with zero attached hydrogens (tertiary/aromatic N) is 2. The molecule has 2 unspecified atom stereocenters. The van der Waals surface area contributed by atoms with Gasteiger partial charge >= 0.3 is 0 Å². The van der Waals surface area contributed by atoms with Gasteiger partial charge < -0.3 is 10.6 Å². The third kappa shape index (κ3) is 4.53. The van der Waals surface area contributed by atoms with Gasteiger partial charge in [0.25, 0.3) is 0 Å². The highest BCUT2D eigenvalue weighted by Crippen LogP contribution is 2.20. The Bertz CT molecular complexity index is 618. The maximum atomic E-state index is 11.3. The minimum Gasteiger partial charge on any atom is -0.373 e. The molecule has 0 aliphatic rings. The highest BCUT2D eigenvalue weighted by Gasteiger charge is 2.09. The fraction of sp³-hybridized carbons (Fsp3) is 0.333. The van der Waals surface area contributed by atoms with Crippen LogP contribution in [0.25, 0.3) is 11.4 Å². The standard InChI is InChI=1S/C15H20N4OS/c1-11(10-21(3)20)17-14-9-13(16-2)18-15(19-14)12-7-5-4-6-8-12/h4-9,11H,10H2,1-3H3,(H2,16,17,18,19). The summed E-state index contributed by atoms with van der Waals surface area (Å²) in [5.41, 5.74) is 0.962. The topological polar surface area (TPSA) is 66.9 Å². The maximum absolute atomic E-state index is 11.3. The van der Waals surface area contributed by atoms with Crippen LogP contribution in [-0.2, 0) is 10.8 Å². The molecule has 0 saturated carbocycles. The first-order valence-corrected chi connectivity index (χ1v) is 8.50. The van der Waals surface area contributed by atoms with Crippen LogP contribution >= 0.6 is 0 Å². The summed E-state index contributed by atoms with van der Waals surface area (Å²) >= 11 is 0. The zero-order valence-corrected chi connectivity index (χ0v) is 13.3. The van der Waals surface area contributed by atoms with Crippen molar-refractivity contribution in [1.82, 2.24) is 9.97 Å². The second-order valence-electron chi connectivity index (χ2n) is 4.86. The molecule has 6 heteroatoms. The largest absolute Gasteiger partial charge is 0.373 e. The van der Waals surface area contributed by atoms with Crippen LogP contribution in [0.5, 0.6) is 0 Å². The summed E-state index contributed by atoms with van der Waals surface area (Å²) in [6, 6.07) is 11.8. The van der Waals surface area contributed by atoms with Crippen molar-refractivity contribution in [3.8, 4) is 11.4 Å². The van der Waals surface area contributed by atoms with E-state index in [1.807, 2.05) is 50.4 Å². The van der Waals surface area contributed by atoms with Crippen molar-refractivity contribution in [2.75, 3.05) is 29.7 Å². The van der Waals surface area contributed by atoms with Gasteiger partial charge in [-0.2, -0.15) is 0 Å². The molecule has 2 N–H and O–H groups in total. The van der Waals surface area contributed by atoms with Gasteiger partial charge in [0.1, 0.15) is 11.6 Å². The van der Waals surface area contributed by atoms with Gasteiger partial charge in [-0.25, -0.2) is 9.97 Å². The molecule has 1 aromatic heterocycles. The van der Waals surface area contributed by atoms with E-state index in [0.717, 1.165) is 17.2 Å². The summed E-state index contributed by atoms with van der Waals surface area (Å²) in [6.45, 7) is 1.99. The quantitative estimate of drug-likeness (QED) is 0.857. The van der Waals surface area contributed by atoms with Gasteiger partial charge in [-0.3, -0.25) is 4.21 Å². The van der Waals surface area contributed by atoms with E-state index >= 15 is 0 Å². The Hall–Kier alpha value is -1.95. The smallest absolute Gasteiger partial charge is 0.163 e. The third-order valence-corrected chi connectivity index (χ3v) is 3.86. The summed E-state index contributed by atoms with van der Waals surface area (Å²) in [6.07, 6.45) is 1.70. The second-order valence-corrected chi connectivity index (χ2v) is 6.34. The van der Waals surface area contributed by atoms with E-state index in [1.165, 1.54) is 0 Å². The molecule has 0 aliphatic carbocycles. The van der Waals surface area contributed by atoms with E-state index in [4.69, 9.17) is 0 Å². The Balaban J connectivity index is 2.28. The van der Waals surface area contributed by atoms with Crippen LogP contribution in [0.15, 0.2) is 36.4 Å². The molecule has 1 heterocycles. The first-order valence-electron chi connectivity index (χ1n) is 6.77. The number of rotatable bonds is 6. The SMILES string of the molecule is CNc1cc(NC(C)CS(C)=O)nc(-c2ccccc2)n1. The predicted molar refractivity (Wildman–Crippen MR) is 89.0 cm³/mol. The lowest BCUT2D eigenvalue weighted by Gasteiger charge is -2.15. The number of hydrogen-bond acceptors (Lipinski definition) is 5. The van der Waals surface area contributed by atoms with Gasteiger partial charge in [0, 0.05) is 47.5 Å². The Labute approximate surface area is 127 Å². The average Bonchev–Trinajstić information content (AvgIpc) is 2.46. The molecular weight excluding hydrogens is 284 g/mol. The number of benzene rings is 1. The number of aromatic nitrogens is 2. The van der Waals surface area contributed by atoms with Crippen LogP contribution in [0.2, 0.25) is 0 Å². The van der Waals surface area contributed by atoms with Gasteiger partial charge in [-0.05, 0) is 6.92 Å². The molecule has 2 aromatic rings. The van der Waals surface area contributed by atoms with Crippen LogP contribution in [0.4, 0.5) is 11.6 Å². The molecule has 0 fully saturated rings. The minimum absolute atomic E-state index is 0.0825. The highest BCUT2D eigenvalue weighted by molar-refractivity contribution is 7.84. The van der Waals surface area contributed by atoms with Crippen molar-refractivity contribution in [2.24, 2.45) is 0 Å². The first kappa shape index (κ1) is 15.4. The monoisotopic (exact) mass is 304 g/mol. The van der Waals surface area contributed by atoms with E-state index in [-0.39, 0.29) is 6.04 Å². The van der Waals surface area contributed by atoms with E-state index < -0.39 is 10.8 Å². The van der Waals surface area contributed by atoms with Crippen molar-refractivity contribution in [3.63, 3.8) is 0 Å². The fourth-order valence-electron chi connectivity index (χ4n) is 2.01. The second kappa shape index (κ2) is 7.17. The van der Waals surface area contributed by atoms with Crippen molar-refractivity contribution in [1.29, 1.82) is 0 Å². The summed E-state index contributed by atoms with van der Waals surface area (Å²) < 4.78 is 11.3. The molecule has 0 bridgehead atoms. The summed E-state index contributed by atoms with van der Waals surface area (Å²) in [7, 11) is 0.986. The summed E-state index contributed by atoms with van der Waals surface area (Å²) in [5.74, 6) is 2.72. The van der Waals surface area contributed by atoms with Crippen LogP contribution in [0.3, 0.4) is 0 Å². The van der Waals surface area contributed by atoms with E-state index in [2.05, 4.69) is 20.6 Å². The number of hydrogen-bond donors (Lipinski definition) is 2. The molecule has 0 amide bonds. The zero-order valence-electron chi connectivity index (χ0n) is 12.5. The predicted octanol–water partition coefficient (Wildman–Crippen LogP) is 2.36. The van der Waals surface area contributed by atoms with Gasteiger partial charge in [-0.15, -0.1) is 0 Å². The molecule has 112 valence electrons. The van der Waals surface area contributed by atoms with Gasteiger partial charge in [0.05, 0.1) is 0 Å². The Morgan fingerprint density at radius 1 is 1.19 bits per heavy atom. The zero-order chi connectivity index (χ0) is 15.2. The van der Waals surface area contributed by atoms with Crippen LogP contribution in [0, 0.1) is 0 Å². The number of nitrogens with one attached hydrogen (secondary N) is 2. The van der Waals surface area contributed by atoms with Gasteiger partial charge in [0.15, 0.2) is 5.82 Å². The third-order valence-electron chi connectivity index (χ3n) is 2.89. The van der Waals surface area contributed by atoms with Gasteiger partial charge in [0.2, 0.25) is 0 Å². The van der Waals surface area contributed by atoms with E-state index in [1.54, 1.807) is 6.26 Å². The number of anilines is 2. The molecular formula is C15H20N4OS. The molecule has 5 nitrogen and oxygen atoms in total. The molecule has 21 heavy (non-hydrogen) atoms. The van der Waals surface area contributed by atoms with Crippen molar-refractivity contribution in [2.45, 2.75) is 13.0 Å². The molecule has 0 saturated heterocycles. The lowest BCUT2D eigenvalue weighted by atomic mass is 10.2. The molecule has 2 atom stereocenters. The Morgan fingerprint density at radius 2 is 1.86 bits per heavy atom. The fourth-order valence-corrected chi connectivity index (χ4v) is 2.80. The molecule has 0 radical (unpaired) electrons. The van der Waals surface area contributed by atoms with E-state index in [0.29, 0.717) is 11.6 Å². The van der Waals surface area contributed by atoms with Crippen LogP contribution in [-0.4, -0.2) is 39.3 Å². The molecule has 2 rings (SSSR count). The Kier molecular flexibility index (Phi) is 5.27. The van der Waals surface area contributed by atoms with Crippen molar-refractivity contribution < 1.29 is 4.21 Å². The lowest BCUT2D eigenvalue weighted by Crippen LogP contribution is -2.23. The maximum Gasteiger partial charge on any atom is 0.163 e. The lowest BCUT2D eigenvalue weighted by molar-refractivity contribution is 0.683. The highest BCUT2D eigenvalue weighted by atomic mass is 32.2. The molecule has 1 aromatic carbocycles. The van der Waals surface area contributed by atoms with Crippen LogP contribution in [0.1, 0.15) is 6.92 Å². The van der Waals surface area contributed by atoms with E-state index in [9.17, 15) is 4.21 Å². The van der Waals surface area contributed by atoms with Gasteiger partial charge in [-0.1, -0.05) is 30.3 Å². The molecule has 0 aliphatic heterocycles. The molecule has 0 spiro atoms. The minimum atomic E-state index is -0.839. The van der Waals surface area contributed by atoms with Crippen LogP contribution < -0.4 is 10.6 Å². The first-order chi connectivity index (χ1) is 10.1. The average molecular weight is 304 g/mol. The van der Waals surface area contributed by atoms with Crippen molar-refractivity contribution >= 4 is 22.4 Å². The summed E-state index contributed by atoms with van der Waals surface area (Å²) in [4.78, 5) is 9.01. The Morgan fingerprint density at radius 3 is 2.48 bits per heavy atom.